The van der Waals surface area contributed by atoms with Gasteiger partial charge in [0.05, 0.1) is 0 Å². The van der Waals surface area contributed by atoms with Crippen LogP contribution in [0.4, 0.5) is 5.95 Å². The third-order valence-corrected chi connectivity index (χ3v) is 4.46. The number of benzene rings is 1. The van der Waals surface area contributed by atoms with Gasteiger partial charge in [-0.05, 0) is 12.0 Å². The van der Waals surface area contributed by atoms with E-state index in [1.807, 2.05) is 22.8 Å². The number of hydrogen-bond donors (Lipinski definition) is 2. The molecule has 2 aromatic heterocycles. The molecule has 0 bridgehead atoms. The minimum atomic E-state index is -0.378. The Balaban J connectivity index is 1.78. The lowest BCUT2D eigenvalue weighted by atomic mass is 10.1. The summed E-state index contributed by atoms with van der Waals surface area (Å²) in [7, 11) is 3.11. The average Bonchev–Trinajstić information content (AvgIpc) is 2.98. The first kappa shape index (κ1) is 14.7. The highest BCUT2D eigenvalue weighted by Gasteiger charge is 2.25. The number of fused-ring (bicyclic) bond motifs is 3. The highest BCUT2D eigenvalue weighted by molar-refractivity contribution is 5.74. The largest absolute Gasteiger partial charge is 0.332 e. The number of anilines is 1. The highest BCUT2D eigenvalue weighted by atomic mass is 16.2. The van der Waals surface area contributed by atoms with E-state index in [4.69, 9.17) is 0 Å². The van der Waals surface area contributed by atoms with Gasteiger partial charge in [-0.25, -0.2) is 10.2 Å². The fourth-order valence-corrected chi connectivity index (χ4v) is 3.17. The van der Waals surface area contributed by atoms with Crippen LogP contribution in [0.15, 0.2) is 39.9 Å². The summed E-state index contributed by atoms with van der Waals surface area (Å²) < 4.78 is 4.36. The first-order valence-corrected chi connectivity index (χ1v) is 7.78. The van der Waals surface area contributed by atoms with Crippen LogP contribution in [0.2, 0.25) is 0 Å². The Morgan fingerprint density at radius 2 is 1.92 bits per heavy atom. The minimum Gasteiger partial charge on any atom is -0.302 e. The van der Waals surface area contributed by atoms with Crippen LogP contribution >= 0.6 is 0 Å². The van der Waals surface area contributed by atoms with Crippen molar-refractivity contribution < 1.29 is 0 Å². The predicted octanol–water partition coefficient (Wildman–Crippen LogP) is -0.0249. The second-order valence-electron chi connectivity index (χ2n) is 6.08. The molecule has 1 aliphatic heterocycles. The van der Waals surface area contributed by atoms with Gasteiger partial charge in [0.15, 0.2) is 11.2 Å². The fourth-order valence-electron chi connectivity index (χ4n) is 3.17. The van der Waals surface area contributed by atoms with Gasteiger partial charge in [0.1, 0.15) is 0 Å². The third-order valence-electron chi connectivity index (χ3n) is 4.46. The molecule has 0 radical (unpaired) electrons. The molecule has 8 heteroatoms. The molecule has 124 valence electrons. The molecule has 4 rings (SSSR count). The molecule has 3 heterocycles. The van der Waals surface area contributed by atoms with Crippen molar-refractivity contribution in [3.8, 4) is 0 Å². The van der Waals surface area contributed by atoms with Gasteiger partial charge in [-0.15, -0.1) is 0 Å². The number of nitrogens with one attached hydrogen (secondary N) is 2. The Morgan fingerprint density at radius 1 is 1.17 bits per heavy atom. The standard InChI is InChI=1S/C16H18N6O2/c1-20-13-12(14(23)21(2)16(20)24)22-9-11(18-19-15(22)17-13)8-10-6-4-3-5-7-10/h3-7,11,18H,8-9H2,1-2H3,(H,17,19). The van der Waals surface area contributed by atoms with Crippen LogP contribution in [0, 0.1) is 0 Å². The number of hydrazine groups is 1. The Labute approximate surface area is 137 Å². The third kappa shape index (κ3) is 2.15. The summed E-state index contributed by atoms with van der Waals surface area (Å²) in [5, 5.41) is 0. The summed E-state index contributed by atoms with van der Waals surface area (Å²) in [6.07, 6.45) is 0.818. The molecule has 1 atom stereocenters. The average molecular weight is 326 g/mol. The van der Waals surface area contributed by atoms with Crippen LogP contribution in [-0.2, 0) is 27.1 Å². The van der Waals surface area contributed by atoms with Crippen LogP contribution in [0.25, 0.3) is 11.2 Å². The second kappa shape index (κ2) is 5.34. The van der Waals surface area contributed by atoms with Gasteiger partial charge in [0, 0.05) is 26.7 Å². The first-order chi connectivity index (χ1) is 11.6. The normalized spacial score (nSPS) is 16.8. The van der Waals surface area contributed by atoms with Crippen molar-refractivity contribution in [1.29, 1.82) is 0 Å². The van der Waals surface area contributed by atoms with E-state index in [1.54, 1.807) is 7.05 Å². The van der Waals surface area contributed by atoms with Crippen molar-refractivity contribution in [2.24, 2.45) is 14.1 Å². The van der Waals surface area contributed by atoms with E-state index in [9.17, 15) is 9.59 Å². The summed E-state index contributed by atoms with van der Waals surface area (Å²) in [4.78, 5) is 29.0. The zero-order valence-corrected chi connectivity index (χ0v) is 13.5. The van der Waals surface area contributed by atoms with Crippen molar-refractivity contribution in [3.05, 3.63) is 56.7 Å². The lowest BCUT2D eigenvalue weighted by Gasteiger charge is -2.26. The number of aryl methyl sites for hydroxylation is 1. The highest BCUT2D eigenvalue weighted by Crippen LogP contribution is 2.19. The van der Waals surface area contributed by atoms with E-state index in [1.165, 1.54) is 17.2 Å². The first-order valence-electron chi connectivity index (χ1n) is 7.78. The molecular weight excluding hydrogens is 308 g/mol. The molecule has 1 aliphatic rings. The summed E-state index contributed by atoms with van der Waals surface area (Å²) in [6.45, 7) is 0.598. The van der Waals surface area contributed by atoms with Gasteiger partial charge in [-0.1, -0.05) is 30.3 Å². The molecular formula is C16H18N6O2. The predicted molar refractivity (Wildman–Crippen MR) is 90.9 cm³/mol. The van der Waals surface area contributed by atoms with Gasteiger partial charge in [-0.3, -0.25) is 19.4 Å². The Bertz CT molecular complexity index is 1030. The zero-order chi connectivity index (χ0) is 16.8. The Hall–Kier alpha value is -2.87. The van der Waals surface area contributed by atoms with Gasteiger partial charge in [-0.2, -0.15) is 4.98 Å². The summed E-state index contributed by atoms with van der Waals surface area (Å²) >= 11 is 0. The van der Waals surface area contributed by atoms with E-state index in [0.717, 1.165) is 11.0 Å². The maximum Gasteiger partial charge on any atom is 0.332 e. The Morgan fingerprint density at radius 3 is 2.67 bits per heavy atom. The van der Waals surface area contributed by atoms with Crippen LogP contribution < -0.4 is 22.1 Å². The molecule has 1 unspecified atom stereocenters. The summed E-state index contributed by atoms with van der Waals surface area (Å²) in [5.41, 5.74) is 7.63. The van der Waals surface area contributed by atoms with Gasteiger partial charge in [0.25, 0.3) is 5.56 Å². The molecule has 8 nitrogen and oxygen atoms in total. The molecule has 0 saturated heterocycles. The molecule has 0 saturated carbocycles. The molecule has 2 N–H and O–H groups in total. The van der Waals surface area contributed by atoms with E-state index in [0.29, 0.717) is 23.7 Å². The minimum absolute atomic E-state index is 0.110. The van der Waals surface area contributed by atoms with Gasteiger partial charge in [0.2, 0.25) is 5.95 Å². The lowest BCUT2D eigenvalue weighted by molar-refractivity contribution is 0.450. The summed E-state index contributed by atoms with van der Waals surface area (Å²) in [6, 6.07) is 10.3. The molecule has 1 aromatic carbocycles. The Kier molecular flexibility index (Phi) is 3.27. The molecule has 0 aliphatic carbocycles. The van der Waals surface area contributed by atoms with Gasteiger partial charge >= 0.3 is 5.69 Å². The maximum absolute atomic E-state index is 12.5. The summed E-state index contributed by atoms with van der Waals surface area (Å²) in [5.74, 6) is 0.549. The smallest absolute Gasteiger partial charge is 0.302 e. The van der Waals surface area contributed by atoms with Crippen molar-refractivity contribution in [1.82, 2.24) is 24.1 Å². The van der Waals surface area contributed by atoms with Crippen LogP contribution in [-0.4, -0.2) is 24.7 Å². The van der Waals surface area contributed by atoms with E-state index in [-0.39, 0.29) is 17.3 Å². The van der Waals surface area contributed by atoms with Crippen LogP contribution in [0.3, 0.4) is 0 Å². The number of nitrogens with zero attached hydrogens (tertiary/aromatic N) is 4. The molecule has 0 amide bonds. The van der Waals surface area contributed by atoms with E-state index >= 15 is 0 Å². The molecule has 0 fully saturated rings. The van der Waals surface area contributed by atoms with Crippen LogP contribution in [0.1, 0.15) is 5.56 Å². The second-order valence-corrected chi connectivity index (χ2v) is 6.08. The van der Waals surface area contributed by atoms with Crippen molar-refractivity contribution >= 4 is 17.1 Å². The van der Waals surface area contributed by atoms with E-state index in [2.05, 4.69) is 28.0 Å². The molecule has 24 heavy (non-hydrogen) atoms. The number of aromatic nitrogens is 4. The van der Waals surface area contributed by atoms with E-state index < -0.39 is 0 Å². The van der Waals surface area contributed by atoms with Crippen molar-refractivity contribution in [2.45, 2.75) is 19.0 Å². The number of hydrogen-bond acceptors (Lipinski definition) is 5. The SMILES string of the molecule is Cn1c(=O)c2c(nc3n2CC(Cc2ccccc2)NN3)n(C)c1=O. The zero-order valence-electron chi connectivity index (χ0n) is 13.5. The quantitative estimate of drug-likeness (QED) is 0.691. The lowest BCUT2D eigenvalue weighted by Crippen LogP contribution is -2.45. The maximum atomic E-state index is 12.5. The van der Waals surface area contributed by atoms with Gasteiger partial charge < -0.3 is 4.57 Å². The van der Waals surface area contributed by atoms with Crippen molar-refractivity contribution in [2.75, 3.05) is 5.43 Å². The molecule has 3 aromatic rings. The molecule has 0 spiro atoms. The van der Waals surface area contributed by atoms with Crippen LogP contribution in [0.5, 0.6) is 0 Å². The number of imidazole rings is 1. The monoisotopic (exact) mass is 326 g/mol. The number of rotatable bonds is 2. The fraction of sp³-hybridized carbons (Fsp3) is 0.312. The van der Waals surface area contributed by atoms with Crippen molar-refractivity contribution in [3.63, 3.8) is 0 Å². The topological polar surface area (TPSA) is 85.9 Å².